The number of hydrogen-bond acceptors (Lipinski definition) is 2. The molecule has 0 radical (unpaired) electrons. The number of fused-ring (bicyclic) bond motifs is 2. The van der Waals surface area contributed by atoms with E-state index >= 15 is 0 Å². The van der Waals surface area contributed by atoms with E-state index in [1.165, 1.54) is 31.7 Å². The molecular formula is C18H25FN2O. The average Bonchev–Trinajstić information content (AvgIpc) is 2.48. The number of halogens is 1. The second-order valence-electron chi connectivity index (χ2n) is 6.60. The summed E-state index contributed by atoms with van der Waals surface area (Å²) in [5.41, 5.74) is 0.156. The van der Waals surface area contributed by atoms with E-state index in [4.69, 9.17) is 0 Å². The van der Waals surface area contributed by atoms with Crippen molar-refractivity contribution < 1.29 is 9.18 Å². The number of rotatable bonds is 4. The summed E-state index contributed by atoms with van der Waals surface area (Å²) in [6, 6.07) is 7.55. The zero-order valence-electron chi connectivity index (χ0n) is 13.2. The molecule has 2 heterocycles. The second-order valence-corrected chi connectivity index (χ2v) is 6.60. The van der Waals surface area contributed by atoms with Crippen LogP contribution in [0.5, 0.6) is 0 Å². The first-order chi connectivity index (χ1) is 10.7. The smallest absolute Gasteiger partial charge is 0.254 e. The normalized spacial score (nSPS) is 28.4. The van der Waals surface area contributed by atoms with Gasteiger partial charge in [0.1, 0.15) is 5.82 Å². The zero-order valence-corrected chi connectivity index (χ0v) is 13.2. The molecule has 22 heavy (non-hydrogen) atoms. The molecule has 3 nitrogen and oxygen atoms in total. The molecule has 1 aromatic rings. The van der Waals surface area contributed by atoms with Crippen LogP contribution in [0, 0.1) is 5.82 Å². The Labute approximate surface area is 131 Å². The fourth-order valence-electron chi connectivity index (χ4n) is 4.13. The Hall–Kier alpha value is -1.42. The molecule has 0 aromatic heterocycles. The standard InChI is InChI=1S/C18H25FN2O/c1-2-10-21-14-6-5-7-15(21)12-13(11-14)20-18(22)16-8-3-4-9-17(16)19/h3-4,8-9,13-15H,2,5-7,10-12H2,1H3,(H,20,22)/t13?,14-,15+. The van der Waals surface area contributed by atoms with Gasteiger partial charge in [-0.05, 0) is 50.8 Å². The first kappa shape index (κ1) is 15.5. The first-order valence-corrected chi connectivity index (χ1v) is 8.50. The van der Waals surface area contributed by atoms with E-state index in [-0.39, 0.29) is 17.5 Å². The van der Waals surface area contributed by atoms with Crippen LogP contribution in [0.3, 0.4) is 0 Å². The molecule has 2 bridgehead atoms. The Morgan fingerprint density at radius 2 is 1.95 bits per heavy atom. The summed E-state index contributed by atoms with van der Waals surface area (Å²) in [5, 5.41) is 3.06. The van der Waals surface area contributed by atoms with Gasteiger partial charge in [-0.3, -0.25) is 9.69 Å². The number of nitrogens with zero attached hydrogens (tertiary/aromatic N) is 1. The van der Waals surface area contributed by atoms with Crippen LogP contribution in [-0.4, -0.2) is 35.5 Å². The highest BCUT2D eigenvalue weighted by Crippen LogP contribution is 2.34. The van der Waals surface area contributed by atoms with Crippen LogP contribution in [0.1, 0.15) is 55.8 Å². The molecular weight excluding hydrogens is 279 g/mol. The third-order valence-corrected chi connectivity index (χ3v) is 5.06. The molecule has 2 aliphatic heterocycles. The minimum Gasteiger partial charge on any atom is -0.349 e. The van der Waals surface area contributed by atoms with Crippen molar-refractivity contribution in [1.29, 1.82) is 0 Å². The van der Waals surface area contributed by atoms with Gasteiger partial charge in [-0.2, -0.15) is 0 Å². The molecule has 1 aromatic carbocycles. The quantitative estimate of drug-likeness (QED) is 0.925. The Balaban J connectivity index is 1.65. The predicted octanol–water partition coefficient (Wildman–Crippen LogP) is 3.35. The number of piperidine rings is 2. The molecule has 3 rings (SSSR count). The largest absolute Gasteiger partial charge is 0.349 e. The van der Waals surface area contributed by atoms with Crippen molar-refractivity contribution in [1.82, 2.24) is 10.2 Å². The number of carbonyl (C=O) groups excluding carboxylic acids is 1. The summed E-state index contributed by atoms with van der Waals surface area (Å²) in [4.78, 5) is 14.9. The molecule has 0 aliphatic carbocycles. The summed E-state index contributed by atoms with van der Waals surface area (Å²) >= 11 is 0. The van der Waals surface area contributed by atoms with Crippen molar-refractivity contribution >= 4 is 5.91 Å². The van der Waals surface area contributed by atoms with Gasteiger partial charge in [-0.25, -0.2) is 4.39 Å². The van der Waals surface area contributed by atoms with Crippen LogP contribution in [0.25, 0.3) is 0 Å². The lowest BCUT2D eigenvalue weighted by Gasteiger charge is -2.49. The Kier molecular flexibility index (Phi) is 4.77. The lowest BCUT2D eigenvalue weighted by molar-refractivity contribution is 0.0244. The van der Waals surface area contributed by atoms with Gasteiger partial charge in [0.05, 0.1) is 5.56 Å². The highest BCUT2D eigenvalue weighted by Gasteiger charge is 2.38. The SMILES string of the molecule is CCCN1[C@@H]2CCC[C@H]1CC(NC(=O)c1ccccc1F)C2. The lowest BCUT2D eigenvalue weighted by Crippen LogP contribution is -2.57. The Bertz CT molecular complexity index is 520. The maximum atomic E-state index is 13.7. The van der Waals surface area contributed by atoms with Gasteiger partial charge in [0.25, 0.3) is 5.91 Å². The van der Waals surface area contributed by atoms with Crippen LogP contribution < -0.4 is 5.32 Å². The summed E-state index contributed by atoms with van der Waals surface area (Å²) in [5.74, 6) is -0.714. The summed E-state index contributed by atoms with van der Waals surface area (Å²) in [6.07, 6.45) is 6.92. The molecule has 2 saturated heterocycles. The molecule has 120 valence electrons. The summed E-state index contributed by atoms with van der Waals surface area (Å²) in [7, 11) is 0. The van der Waals surface area contributed by atoms with Crippen LogP contribution in [-0.2, 0) is 0 Å². The fraction of sp³-hybridized carbons (Fsp3) is 0.611. The van der Waals surface area contributed by atoms with Crippen LogP contribution in [0.4, 0.5) is 4.39 Å². The number of benzene rings is 1. The molecule has 1 unspecified atom stereocenters. The summed E-state index contributed by atoms with van der Waals surface area (Å²) in [6.45, 7) is 3.38. The van der Waals surface area contributed by atoms with E-state index in [9.17, 15) is 9.18 Å². The van der Waals surface area contributed by atoms with E-state index < -0.39 is 5.82 Å². The third-order valence-electron chi connectivity index (χ3n) is 5.06. The molecule has 1 amide bonds. The minimum atomic E-state index is -0.441. The number of hydrogen-bond donors (Lipinski definition) is 1. The number of nitrogens with one attached hydrogen (secondary N) is 1. The first-order valence-electron chi connectivity index (χ1n) is 8.50. The Morgan fingerprint density at radius 1 is 1.27 bits per heavy atom. The molecule has 2 fully saturated rings. The fourth-order valence-corrected chi connectivity index (χ4v) is 4.13. The van der Waals surface area contributed by atoms with E-state index in [2.05, 4.69) is 17.1 Å². The average molecular weight is 304 g/mol. The molecule has 1 N–H and O–H groups in total. The van der Waals surface area contributed by atoms with Crippen molar-refractivity contribution in [2.75, 3.05) is 6.54 Å². The maximum Gasteiger partial charge on any atom is 0.254 e. The molecule has 0 saturated carbocycles. The van der Waals surface area contributed by atoms with Gasteiger partial charge in [0.2, 0.25) is 0 Å². The van der Waals surface area contributed by atoms with Crippen LogP contribution >= 0.6 is 0 Å². The monoisotopic (exact) mass is 304 g/mol. The van der Waals surface area contributed by atoms with Gasteiger partial charge >= 0.3 is 0 Å². The Morgan fingerprint density at radius 3 is 2.59 bits per heavy atom. The van der Waals surface area contributed by atoms with E-state index in [0.29, 0.717) is 12.1 Å². The maximum absolute atomic E-state index is 13.7. The van der Waals surface area contributed by atoms with Gasteiger partial charge < -0.3 is 5.32 Å². The van der Waals surface area contributed by atoms with Crippen molar-refractivity contribution in [3.8, 4) is 0 Å². The minimum absolute atomic E-state index is 0.156. The van der Waals surface area contributed by atoms with Gasteiger partial charge in [0.15, 0.2) is 0 Å². The van der Waals surface area contributed by atoms with Crippen LogP contribution in [0.2, 0.25) is 0 Å². The number of carbonyl (C=O) groups is 1. The molecule has 0 spiro atoms. The van der Waals surface area contributed by atoms with Crippen LogP contribution in [0.15, 0.2) is 24.3 Å². The van der Waals surface area contributed by atoms with E-state index in [0.717, 1.165) is 19.4 Å². The third kappa shape index (κ3) is 3.17. The van der Waals surface area contributed by atoms with Crippen molar-refractivity contribution in [2.45, 2.75) is 63.6 Å². The highest BCUT2D eigenvalue weighted by molar-refractivity contribution is 5.94. The zero-order chi connectivity index (χ0) is 15.5. The second kappa shape index (κ2) is 6.78. The summed E-state index contributed by atoms with van der Waals surface area (Å²) < 4.78 is 13.7. The topological polar surface area (TPSA) is 32.3 Å². The van der Waals surface area contributed by atoms with E-state index in [1.54, 1.807) is 18.2 Å². The van der Waals surface area contributed by atoms with Gasteiger partial charge in [-0.15, -0.1) is 0 Å². The van der Waals surface area contributed by atoms with Crippen molar-refractivity contribution in [3.63, 3.8) is 0 Å². The van der Waals surface area contributed by atoms with E-state index in [1.807, 2.05) is 0 Å². The molecule has 4 heteroatoms. The number of amides is 1. The van der Waals surface area contributed by atoms with Gasteiger partial charge in [-0.1, -0.05) is 25.5 Å². The lowest BCUT2D eigenvalue weighted by atomic mass is 9.81. The predicted molar refractivity (Wildman–Crippen MR) is 85.3 cm³/mol. The molecule has 3 atom stereocenters. The highest BCUT2D eigenvalue weighted by atomic mass is 19.1. The van der Waals surface area contributed by atoms with Crippen molar-refractivity contribution in [3.05, 3.63) is 35.6 Å². The molecule has 2 aliphatic rings. The van der Waals surface area contributed by atoms with Crippen molar-refractivity contribution in [2.24, 2.45) is 0 Å². The van der Waals surface area contributed by atoms with Gasteiger partial charge in [0, 0.05) is 18.1 Å².